The number of thioether (sulfide) groups is 1. The van der Waals surface area contributed by atoms with Gasteiger partial charge in [-0.1, -0.05) is 30.0 Å². The smallest absolute Gasteiger partial charge is 0.317 e. The van der Waals surface area contributed by atoms with Crippen molar-refractivity contribution in [1.82, 2.24) is 14.7 Å². The summed E-state index contributed by atoms with van der Waals surface area (Å²) in [4.78, 5) is 31.2. The molecule has 2 fully saturated rings. The van der Waals surface area contributed by atoms with Crippen molar-refractivity contribution in [3.8, 4) is 11.1 Å². The molecule has 0 bridgehead atoms. The summed E-state index contributed by atoms with van der Waals surface area (Å²) in [7, 11) is 0. The number of amides is 1. The number of thiocarbonyl (C=S) groups is 1. The van der Waals surface area contributed by atoms with Gasteiger partial charge in [-0.15, -0.1) is 11.3 Å². The van der Waals surface area contributed by atoms with E-state index in [1.165, 1.54) is 29.2 Å². The highest BCUT2D eigenvalue weighted by Gasteiger charge is 2.34. The number of benzene rings is 1. The summed E-state index contributed by atoms with van der Waals surface area (Å²) in [6.45, 7) is 5.93. The van der Waals surface area contributed by atoms with Crippen LogP contribution >= 0.6 is 35.3 Å². The summed E-state index contributed by atoms with van der Waals surface area (Å²) < 4.78 is 27.4. The largest absolute Gasteiger partial charge is 0.480 e. The van der Waals surface area contributed by atoms with Crippen molar-refractivity contribution in [3.63, 3.8) is 0 Å². The maximum atomic E-state index is 13.6. The summed E-state index contributed by atoms with van der Waals surface area (Å²) in [6.07, 6.45) is 0. The van der Waals surface area contributed by atoms with Gasteiger partial charge in [0.25, 0.3) is 5.91 Å². The zero-order valence-corrected chi connectivity index (χ0v) is 20.9. The van der Waals surface area contributed by atoms with Crippen LogP contribution in [0.4, 0.5) is 8.78 Å². The van der Waals surface area contributed by atoms with Crippen molar-refractivity contribution in [2.24, 2.45) is 0 Å². The Morgan fingerprint density at radius 2 is 1.76 bits per heavy atom. The molecule has 4 rings (SSSR count). The molecule has 0 radical (unpaired) electrons. The topological polar surface area (TPSA) is 64.1 Å². The number of hydrogen-bond donors (Lipinski definition) is 1. The fraction of sp³-hybridized carbons (Fsp3) is 0.348. The SMILES string of the molecule is C/C(=C1/SC(=S)N(CCN2CCN(CC(=O)O)CC2)C1=O)c1cc(-c2ccc(F)c(F)c2)cs1. The van der Waals surface area contributed by atoms with Gasteiger partial charge in [-0.25, -0.2) is 8.78 Å². The number of carboxylic acid groups (broad SMARTS) is 1. The van der Waals surface area contributed by atoms with E-state index < -0.39 is 17.6 Å². The second kappa shape index (κ2) is 10.6. The Labute approximate surface area is 209 Å². The number of halogens is 2. The van der Waals surface area contributed by atoms with Crippen LogP contribution in [0.3, 0.4) is 0 Å². The van der Waals surface area contributed by atoms with Crippen molar-refractivity contribution in [2.75, 3.05) is 45.8 Å². The van der Waals surface area contributed by atoms with E-state index in [9.17, 15) is 18.4 Å². The molecule has 1 aromatic heterocycles. The lowest BCUT2D eigenvalue weighted by atomic mass is 10.1. The van der Waals surface area contributed by atoms with Crippen LogP contribution in [-0.4, -0.2) is 81.8 Å². The molecule has 6 nitrogen and oxygen atoms in total. The maximum Gasteiger partial charge on any atom is 0.317 e. The van der Waals surface area contributed by atoms with Gasteiger partial charge in [0.15, 0.2) is 11.6 Å². The Hall–Kier alpha value is -2.18. The molecule has 1 amide bonds. The zero-order valence-electron chi connectivity index (χ0n) is 18.4. The van der Waals surface area contributed by atoms with E-state index in [0.717, 1.165) is 41.2 Å². The first-order valence-electron chi connectivity index (χ1n) is 10.7. The van der Waals surface area contributed by atoms with Crippen LogP contribution in [0, 0.1) is 11.6 Å². The number of piperazine rings is 1. The second-order valence-electron chi connectivity index (χ2n) is 8.12. The van der Waals surface area contributed by atoms with Crippen LogP contribution in [0.2, 0.25) is 0 Å². The highest BCUT2D eigenvalue weighted by Crippen LogP contribution is 2.39. The third kappa shape index (κ3) is 5.55. The number of nitrogens with zero attached hydrogens (tertiary/aromatic N) is 3. The van der Waals surface area contributed by atoms with Crippen LogP contribution in [0.25, 0.3) is 16.7 Å². The van der Waals surface area contributed by atoms with Gasteiger partial charge < -0.3 is 5.11 Å². The lowest BCUT2D eigenvalue weighted by molar-refractivity contribution is -0.138. The number of carbonyl (C=O) groups excluding carboxylic acids is 1. The highest BCUT2D eigenvalue weighted by molar-refractivity contribution is 8.26. The van der Waals surface area contributed by atoms with Gasteiger partial charge >= 0.3 is 5.97 Å². The normalized spacial score (nSPS) is 19.2. The van der Waals surface area contributed by atoms with Gasteiger partial charge in [0.05, 0.1) is 11.4 Å². The Morgan fingerprint density at radius 3 is 2.44 bits per heavy atom. The molecule has 11 heteroatoms. The van der Waals surface area contributed by atoms with Crippen molar-refractivity contribution < 1.29 is 23.5 Å². The van der Waals surface area contributed by atoms with Gasteiger partial charge in [-0.2, -0.15) is 0 Å². The Balaban J connectivity index is 1.40. The number of thiophene rings is 1. The number of aliphatic carboxylic acids is 1. The molecule has 0 unspecified atom stereocenters. The second-order valence-corrected chi connectivity index (χ2v) is 10.7. The van der Waals surface area contributed by atoms with E-state index in [4.69, 9.17) is 17.3 Å². The van der Waals surface area contributed by atoms with E-state index in [1.54, 1.807) is 4.90 Å². The molecule has 0 saturated carbocycles. The van der Waals surface area contributed by atoms with Crippen molar-refractivity contribution in [1.29, 1.82) is 0 Å². The summed E-state index contributed by atoms with van der Waals surface area (Å²) in [6, 6.07) is 5.67. The Bertz CT molecular complexity index is 1160. The van der Waals surface area contributed by atoms with E-state index in [1.807, 2.05) is 23.3 Å². The van der Waals surface area contributed by atoms with Crippen LogP contribution < -0.4 is 0 Å². The first kappa shape index (κ1) is 24.9. The minimum absolute atomic E-state index is 0.0488. The average molecular weight is 524 g/mol. The molecule has 0 atom stereocenters. The van der Waals surface area contributed by atoms with Gasteiger partial charge in [0.2, 0.25) is 0 Å². The Morgan fingerprint density at radius 1 is 1.06 bits per heavy atom. The predicted octanol–water partition coefficient (Wildman–Crippen LogP) is 3.99. The van der Waals surface area contributed by atoms with Crippen molar-refractivity contribution in [3.05, 3.63) is 51.1 Å². The fourth-order valence-corrected chi connectivity index (χ4v) is 6.24. The third-order valence-corrected chi connectivity index (χ3v) is 8.48. The van der Waals surface area contributed by atoms with Crippen molar-refractivity contribution >= 4 is 57.1 Å². The molecule has 2 aliphatic rings. The molecule has 34 heavy (non-hydrogen) atoms. The molecule has 2 aliphatic heterocycles. The van der Waals surface area contributed by atoms with E-state index in [2.05, 4.69) is 4.90 Å². The lowest BCUT2D eigenvalue weighted by Gasteiger charge is -2.34. The van der Waals surface area contributed by atoms with Gasteiger partial charge in [0, 0.05) is 44.1 Å². The maximum absolute atomic E-state index is 13.6. The minimum atomic E-state index is -0.897. The number of carboxylic acids is 1. The molecule has 2 aromatic rings. The quantitative estimate of drug-likeness (QED) is 0.435. The van der Waals surface area contributed by atoms with Crippen LogP contribution in [-0.2, 0) is 9.59 Å². The van der Waals surface area contributed by atoms with Gasteiger partial charge in [-0.3, -0.25) is 24.3 Å². The molecule has 0 aliphatic carbocycles. The molecule has 1 N–H and O–H groups in total. The van der Waals surface area contributed by atoms with Gasteiger partial charge in [0.1, 0.15) is 4.32 Å². The van der Waals surface area contributed by atoms with Crippen LogP contribution in [0.15, 0.2) is 34.6 Å². The van der Waals surface area contributed by atoms with E-state index in [0.29, 0.717) is 41.0 Å². The van der Waals surface area contributed by atoms with E-state index in [-0.39, 0.29) is 12.5 Å². The Kier molecular flexibility index (Phi) is 7.78. The number of rotatable bonds is 7. The average Bonchev–Trinajstić information content (AvgIpc) is 3.40. The molecule has 0 spiro atoms. The third-order valence-electron chi connectivity index (χ3n) is 5.88. The monoisotopic (exact) mass is 523 g/mol. The first-order valence-corrected chi connectivity index (χ1v) is 12.8. The number of hydrogen-bond acceptors (Lipinski definition) is 7. The standard InChI is InChI=1S/C23H23F2N3O3S3/c1-14(19-11-16(13-33-19)15-2-3-17(24)18(25)10-15)21-22(31)28(23(32)34-21)9-8-26-4-6-27(7-5-26)12-20(29)30/h2-3,10-11,13H,4-9,12H2,1H3,(H,29,30)/b21-14-. The lowest BCUT2D eigenvalue weighted by Crippen LogP contribution is -2.49. The molecular weight excluding hydrogens is 500 g/mol. The van der Waals surface area contributed by atoms with Gasteiger partial charge in [-0.05, 0) is 47.2 Å². The molecule has 180 valence electrons. The summed E-state index contributed by atoms with van der Waals surface area (Å²) in [5.74, 6) is -2.73. The molecule has 1 aromatic carbocycles. The first-order chi connectivity index (χ1) is 16.2. The fourth-order valence-electron chi connectivity index (χ4n) is 3.90. The summed E-state index contributed by atoms with van der Waals surface area (Å²) in [5.41, 5.74) is 2.14. The molecular formula is C23H23F2N3O3S3. The van der Waals surface area contributed by atoms with Crippen molar-refractivity contribution in [2.45, 2.75) is 6.92 Å². The highest BCUT2D eigenvalue weighted by atomic mass is 32.2. The molecule has 2 saturated heterocycles. The van der Waals surface area contributed by atoms with Crippen LogP contribution in [0.5, 0.6) is 0 Å². The zero-order chi connectivity index (χ0) is 24.4. The summed E-state index contributed by atoms with van der Waals surface area (Å²) >= 11 is 8.19. The molecule has 3 heterocycles. The van der Waals surface area contributed by atoms with E-state index >= 15 is 0 Å². The summed E-state index contributed by atoms with van der Waals surface area (Å²) in [5, 5.41) is 10.8. The minimum Gasteiger partial charge on any atom is -0.480 e. The number of carbonyl (C=O) groups is 2. The number of allylic oxidation sites excluding steroid dienone is 1. The predicted molar refractivity (Wildman–Crippen MR) is 135 cm³/mol. The van der Waals surface area contributed by atoms with Crippen LogP contribution in [0.1, 0.15) is 11.8 Å².